The van der Waals surface area contributed by atoms with Crippen molar-refractivity contribution in [2.45, 2.75) is 26.2 Å². The van der Waals surface area contributed by atoms with Gasteiger partial charge in [-0.2, -0.15) is 10.1 Å². The zero-order valence-electron chi connectivity index (χ0n) is 8.33. The predicted molar refractivity (Wildman–Crippen MR) is 56.6 cm³/mol. The van der Waals surface area contributed by atoms with Crippen LogP contribution in [0.15, 0.2) is 11.1 Å². The number of hydrogen-bond donors (Lipinski definition) is 0. The molecule has 0 spiro atoms. The summed E-state index contributed by atoms with van der Waals surface area (Å²) in [5.41, 5.74) is 1.06. The lowest BCUT2D eigenvalue weighted by atomic mass is 9.92. The van der Waals surface area contributed by atoms with Gasteiger partial charge in [-0.05, 0) is 12.2 Å². The van der Waals surface area contributed by atoms with E-state index in [2.05, 4.69) is 48.2 Å². The molecule has 1 rings (SSSR count). The fourth-order valence-corrected chi connectivity index (χ4v) is 1.07. The normalized spacial score (nSPS) is 11.1. The molecule has 0 amide bonds. The Morgan fingerprint density at radius 2 is 2.15 bits per heavy atom. The van der Waals surface area contributed by atoms with Crippen molar-refractivity contribution in [1.82, 2.24) is 9.78 Å². The molecule has 3 nitrogen and oxygen atoms in total. The topological polar surface area (TPSA) is 30.2 Å². The van der Waals surface area contributed by atoms with E-state index in [1.54, 1.807) is 4.68 Å². The highest BCUT2D eigenvalue weighted by atomic mass is 32.1. The Kier molecular flexibility index (Phi) is 2.64. The number of aliphatic imine (C=N–C) groups is 1. The Hall–Kier alpha value is -0.990. The zero-order valence-corrected chi connectivity index (χ0v) is 9.14. The molecule has 0 fully saturated rings. The summed E-state index contributed by atoms with van der Waals surface area (Å²) in [6.45, 7) is 6.33. The fraction of sp³-hybridized carbons (Fsp3) is 0.556. The summed E-state index contributed by atoms with van der Waals surface area (Å²) >= 11 is 4.54. The van der Waals surface area contributed by atoms with Crippen LogP contribution in [-0.4, -0.2) is 14.9 Å². The molecule has 1 aromatic rings. The average Bonchev–Trinajstić information content (AvgIpc) is 2.32. The van der Waals surface area contributed by atoms with Gasteiger partial charge in [-0.15, -0.1) is 0 Å². The van der Waals surface area contributed by atoms with E-state index in [0.29, 0.717) is 0 Å². The van der Waals surface area contributed by atoms with Crippen LogP contribution < -0.4 is 0 Å². The third-order valence-electron chi connectivity index (χ3n) is 1.78. The van der Waals surface area contributed by atoms with E-state index in [9.17, 15) is 0 Å². The third kappa shape index (κ3) is 2.23. The maximum Gasteiger partial charge on any atom is 0.161 e. The van der Waals surface area contributed by atoms with Crippen molar-refractivity contribution in [2.75, 3.05) is 0 Å². The number of aryl methyl sites for hydroxylation is 1. The summed E-state index contributed by atoms with van der Waals surface area (Å²) in [5.74, 6) is 0.750. The maximum absolute atomic E-state index is 4.54. The molecule has 0 aliphatic rings. The van der Waals surface area contributed by atoms with Gasteiger partial charge in [-0.1, -0.05) is 20.8 Å². The molecule has 0 saturated carbocycles. The van der Waals surface area contributed by atoms with Crippen molar-refractivity contribution >= 4 is 23.2 Å². The highest BCUT2D eigenvalue weighted by Gasteiger charge is 2.18. The van der Waals surface area contributed by atoms with E-state index in [4.69, 9.17) is 0 Å². The van der Waals surface area contributed by atoms with Gasteiger partial charge in [0.1, 0.15) is 0 Å². The average molecular weight is 195 g/mol. The van der Waals surface area contributed by atoms with Crippen LogP contribution in [0, 0.1) is 0 Å². The summed E-state index contributed by atoms with van der Waals surface area (Å²) in [6.07, 6.45) is 0. The lowest BCUT2D eigenvalue weighted by Crippen LogP contribution is -2.12. The van der Waals surface area contributed by atoms with Gasteiger partial charge in [0.05, 0.1) is 10.9 Å². The lowest BCUT2D eigenvalue weighted by Gasteiger charge is -2.13. The van der Waals surface area contributed by atoms with E-state index in [1.807, 2.05) is 13.1 Å². The summed E-state index contributed by atoms with van der Waals surface area (Å²) < 4.78 is 1.71. The number of nitrogens with zero attached hydrogens (tertiary/aromatic N) is 3. The molecule has 1 heterocycles. The van der Waals surface area contributed by atoms with Crippen LogP contribution in [0.25, 0.3) is 0 Å². The standard InChI is InChI=1S/C9H13N3S/c1-9(2,3)7-5-8(10-6-13)12(4)11-7/h5H,1-4H3. The van der Waals surface area contributed by atoms with Gasteiger partial charge in [-0.25, -0.2) is 0 Å². The summed E-state index contributed by atoms with van der Waals surface area (Å²) in [6, 6.07) is 1.93. The molecule has 0 aromatic carbocycles. The van der Waals surface area contributed by atoms with Gasteiger partial charge in [0.2, 0.25) is 0 Å². The van der Waals surface area contributed by atoms with E-state index in [1.165, 1.54) is 0 Å². The first kappa shape index (κ1) is 10.1. The van der Waals surface area contributed by atoms with Crippen molar-refractivity contribution < 1.29 is 0 Å². The van der Waals surface area contributed by atoms with Crippen molar-refractivity contribution in [1.29, 1.82) is 0 Å². The van der Waals surface area contributed by atoms with Gasteiger partial charge >= 0.3 is 0 Å². The fourth-order valence-electron chi connectivity index (χ4n) is 0.975. The number of hydrogen-bond acceptors (Lipinski definition) is 3. The van der Waals surface area contributed by atoms with Crippen LogP contribution in [0.3, 0.4) is 0 Å². The van der Waals surface area contributed by atoms with Crippen molar-refractivity contribution in [3.63, 3.8) is 0 Å². The second kappa shape index (κ2) is 3.40. The minimum absolute atomic E-state index is 0.0486. The van der Waals surface area contributed by atoms with E-state index in [0.717, 1.165) is 11.5 Å². The first-order chi connectivity index (χ1) is 5.95. The molecule has 0 atom stereocenters. The molecule has 0 bridgehead atoms. The van der Waals surface area contributed by atoms with Crippen LogP contribution >= 0.6 is 12.2 Å². The van der Waals surface area contributed by atoms with Gasteiger partial charge in [0.15, 0.2) is 5.82 Å². The Morgan fingerprint density at radius 3 is 2.54 bits per heavy atom. The summed E-state index contributed by atoms with van der Waals surface area (Å²) in [4.78, 5) is 3.91. The highest BCUT2D eigenvalue weighted by molar-refractivity contribution is 7.78. The molecule has 4 heteroatoms. The monoisotopic (exact) mass is 195 g/mol. The van der Waals surface area contributed by atoms with Gasteiger partial charge in [0.25, 0.3) is 0 Å². The quantitative estimate of drug-likeness (QED) is 0.509. The molecular weight excluding hydrogens is 182 g/mol. The molecule has 0 aliphatic heterocycles. The number of isothiocyanates is 1. The number of aromatic nitrogens is 2. The Labute approximate surface area is 83.5 Å². The van der Waals surface area contributed by atoms with Crippen LogP contribution in [0.4, 0.5) is 5.82 Å². The Morgan fingerprint density at radius 1 is 1.54 bits per heavy atom. The first-order valence-electron chi connectivity index (χ1n) is 4.07. The Balaban J connectivity index is 3.16. The van der Waals surface area contributed by atoms with E-state index >= 15 is 0 Å². The lowest BCUT2D eigenvalue weighted by molar-refractivity contribution is 0.553. The number of thiocarbonyl (C=S) groups is 1. The number of rotatable bonds is 1. The smallest absolute Gasteiger partial charge is 0.161 e. The largest absolute Gasteiger partial charge is 0.250 e. The van der Waals surface area contributed by atoms with Gasteiger partial charge in [-0.3, -0.25) is 4.68 Å². The first-order valence-corrected chi connectivity index (χ1v) is 4.48. The maximum atomic E-state index is 4.54. The molecule has 0 saturated heterocycles. The SMILES string of the molecule is Cn1nc(C(C)(C)C)cc1N=C=S. The van der Waals surface area contributed by atoms with Crippen LogP contribution in [0.5, 0.6) is 0 Å². The van der Waals surface area contributed by atoms with Crippen molar-refractivity contribution in [3.8, 4) is 0 Å². The molecule has 0 radical (unpaired) electrons. The van der Waals surface area contributed by atoms with Crippen molar-refractivity contribution in [3.05, 3.63) is 11.8 Å². The minimum Gasteiger partial charge on any atom is -0.250 e. The second-order valence-electron chi connectivity index (χ2n) is 3.96. The zero-order chi connectivity index (χ0) is 10.1. The van der Waals surface area contributed by atoms with E-state index < -0.39 is 0 Å². The van der Waals surface area contributed by atoms with Crippen molar-refractivity contribution in [2.24, 2.45) is 12.0 Å². The van der Waals surface area contributed by atoms with Crippen LogP contribution in [-0.2, 0) is 12.5 Å². The van der Waals surface area contributed by atoms with Gasteiger partial charge in [0, 0.05) is 18.5 Å². The minimum atomic E-state index is 0.0486. The molecule has 13 heavy (non-hydrogen) atoms. The highest BCUT2D eigenvalue weighted by Crippen LogP contribution is 2.24. The molecule has 0 N–H and O–H groups in total. The molecule has 70 valence electrons. The predicted octanol–water partition coefficient (Wildman–Crippen LogP) is 2.45. The molecular formula is C9H13N3S. The van der Waals surface area contributed by atoms with Crippen LogP contribution in [0.2, 0.25) is 0 Å². The van der Waals surface area contributed by atoms with Gasteiger partial charge < -0.3 is 0 Å². The molecule has 0 aliphatic carbocycles. The molecule has 1 aromatic heterocycles. The second-order valence-corrected chi connectivity index (χ2v) is 4.15. The summed E-state index contributed by atoms with van der Waals surface area (Å²) in [5, 5.41) is 6.67. The van der Waals surface area contributed by atoms with Crippen LogP contribution in [0.1, 0.15) is 26.5 Å². The Bertz CT molecular complexity index is 353. The molecule has 0 unspecified atom stereocenters. The summed E-state index contributed by atoms with van der Waals surface area (Å²) in [7, 11) is 1.85. The van der Waals surface area contributed by atoms with E-state index in [-0.39, 0.29) is 5.41 Å². The third-order valence-corrected chi connectivity index (χ3v) is 1.88.